The number of cyclic esters (lactones) is 1. The average molecular weight is 553 g/mol. The summed E-state index contributed by atoms with van der Waals surface area (Å²) in [7, 11) is 0. The molecule has 0 saturated carbocycles. The molecule has 0 bridgehead atoms. The molecule has 2 aliphatic heterocycles. The fraction of sp³-hybridized carbons (Fsp3) is 0.320. The van der Waals surface area contributed by atoms with Crippen molar-refractivity contribution in [2.24, 2.45) is 10.9 Å². The normalized spacial score (nSPS) is 19.1. The summed E-state index contributed by atoms with van der Waals surface area (Å²) in [6.07, 6.45) is 3.11. The van der Waals surface area contributed by atoms with E-state index in [1.165, 1.54) is 23.4 Å². The number of ether oxygens (including phenoxy) is 1. The largest absolute Gasteiger partial charge is 0.481 e. The number of nitrogens with two attached hydrogens (primary N) is 1. The second-order valence-corrected chi connectivity index (χ2v) is 9.26. The number of carboxylic acid groups (broad SMARTS) is 1. The van der Waals surface area contributed by atoms with Crippen LogP contribution in [0.1, 0.15) is 18.5 Å². The molecular weight excluding hydrogens is 527 g/mol. The van der Waals surface area contributed by atoms with E-state index in [1.54, 1.807) is 35.1 Å². The number of carboxylic acids is 1. The van der Waals surface area contributed by atoms with Crippen molar-refractivity contribution in [3.05, 3.63) is 60.4 Å². The van der Waals surface area contributed by atoms with Gasteiger partial charge < -0.3 is 25.7 Å². The lowest BCUT2D eigenvalue weighted by Gasteiger charge is -2.14. The molecule has 40 heavy (non-hydrogen) atoms. The summed E-state index contributed by atoms with van der Waals surface area (Å²) < 4.78 is 22.0. The molecule has 1 saturated heterocycles. The van der Waals surface area contributed by atoms with E-state index in [2.05, 4.69) is 25.8 Å². The number of nitrogens with zero attached hydrogens (tertiary/aromatic N) is 6. The number of pyridine rings is 1. The highest BCUT2D eigenvalue weighted by molar-refractivity contribution is 6.00. The summed E-state index contributed by atoms with van der Waals surface area (Å²) >= 11 is 0. The van der Waals surface area contributed by atoms with Gasteiger partial charge in [0.2, 0.25) is 5.91 Å². The third-order valence-corrected chi connectivity index (χ3v) is 6.34. The van der Waals surface area contributed by atoms with Gasteiger partial charge >= 0.3 is 12.1 Å². The van der Waals surface area contributed by atoms with Crippen molar-refractivity contribution in [2.45, 2.75) is 37.6 Å². The van der Waals surface area contributed by atoms with Crippen LogP contribution in [0.4, 0.5) is 14.9 Å². The molecule has 0 aliphatic carbocycles. The van der Waals surface area contributed by atoms with Crippen molar-refractivity contribution in [2.75, 3.05) is 18.0 Å². The number of hydrogen-bond donors (Lipinski definition) is 3. The van der Waals surface area contributed by atoms with Gasteiger partial charge in [-0.2, -0.15) is 0 Å². The Bertz CT molecular complexity index is 1430. The number of amides is 2. The first-order valence-corrected chi connectivity index (χ1v) is 12.3. The lowest BCUT2D eigenvalue weighted by molar-refractivity contribution is -0.139. The molecule has 1 aromatic carbocycles. The van der Waals surface area contributed by atoms with E-state index in [1.807, 2.05) is 0 Å². The van der Waals surface area contributed by atoms with Gasteiger partial charge in [0.15, 0.2) is 6.10 Å². The summed E-state index contributed by atoms with van der Waals surface area (Å²) in [5.41, 5.74) is 7.81. The number of rotatable bonds is 10. The van der Waals surface area contributed by atoms with Crippen molar-refractivity contribution in [1.82, 2.24) is 25.3 Å². The van der Waals surface area contributed by atoms with Gasteiger partial charge in [-0.3, -0.25) is 19.5 Å². The van der Waals surface area contributed by atoms with Crippen molar-refractivity contribution in [3.63, 3.8) is 0 Å². The van der Waals surface area contributed by atoms with Crippen LogP contribution in [0, 0.1) is 5.82 Å². The van der Waals surface area contributed by atoms with Gasteiger partial charge in [-0.05, 0) is 24.3 Å². The van der Waals surface area contributed by atoms with E-state index in [4.69, 9.17) is 20.4 Å². The number of carbonyl (C=O) groups excluding carboxylic acids is 2. The van der Waals surface area contributed by atoms with Crippen LogP contribution < -0.4 is 16.0 Å². The zero-order chi connectivity index (χ0) is 28.2. The molecular formula is C25H25FN8O6. The first-order chi connectivity index (χ1) is 19.3. The molecule has 14 nitrogen and oxygen atoms in total. The zero-order valence-electron chi connectivity index (χ0n) is 21.0. The van der Waals surface area contributed by atoms with Crippen LogP contribution in [-0.2, 0) is 25.7 Å². The third kappa shape index (κ3) is 6.04. The summed E-state index contributed by atoms with van der Waals surface area (Å²) in [6.45, 7) is 0.686. The van der Waals surface area contributed by atoms with E-state index < -0.39 is 48.5 Å². The topological polar surface area (TPSA) is 187 Å². The predicted molar refractivity (Wildman–Crippen MR) is 137 cm³/mol. The summed E-state index contributed by atoms with van der Waals surface area (Å²) in [5.74, 6) is -2.29. The molecule has 1 unspecified atom stereocenters. The highest BCUT2D eigenvalue weighted by atomic mass is 19.1. The summed E-state index contributed by atoms with van der Waals surface area (Å²) in [5, 5.41) is 22.9. The molecule has 2 aliphatic rings. The molecule has 4 N–H and O–H groups in total. The number of nitrogens with one attached hydrogen (secondary N) is 1. The molecule has 3 aromatic rings. The van der Waals surface area contributed by atoms with E-state index >= 15 is 4.39 Å². The highest BCUT2D eigenvalue weighted by Gasteiger charge is 2.33. The first kappa shape index (κ1) is 26.7. The maximum Gasteiger partial charge on any atom is 0.414 e. The number of hydrogen-bond acceptors (Lipinski definition) is 10. The summed E-state index contributed by atoms with van der Waals surface area (Å²) in [4.78, 5) is 46.0. The monoisotopic (exact) mass is 552 g/mol. The van der Waals surface area contributed by atoms with Crippen LogP contribution in [0.2, 0.25) is 0 Å². The van der Waals surface area contributed by atoms with Crippen LogP contribution in [-0.4, -0.2) is 80.1 Å². The lowest BCUT2D eigenvalue weighted by atomic mass is 10.0. The van der Waals surface area contributed by atoms with Gasteiger partial charge in [0, 0.05) is 29.9 Å². The molecule has 4 heterocycles. The van der Waals surface area contributed by atoms with Crippen LogP contribution in [0.5, 0.6) is 0 Å². The minimum Gasteiger partial charge on any atom is -0.481 e. The average Bonchev–Trinajstić information content (AvgIpc) is 3.69. The van der Waals surface area contributed by atoms with Gasteiger partial charge in [0.05, 0.1) is 49.7 Å². The third-order valence-electron chi connectivity index (χ3n) is 6.34. The number of carbonyl (C=O) groups is 3. The SMILES string of the molecule is N[C@@H](CC(=O)O)C(=O)NC[C@@H]1CC(c2ccc(-c3ccc(N4CC(Cn5ccnn5)OC4=O)cc3F)cn2)=NO1. The fourth-order valence-electron chi connectivity index (χ4n) is 4.31. The quantitative estimate of drug-likeness (QED) is 0.326. The molecule has 5 rings (SSSR count). The maximum absolute atomic E-state index is 15.1. The van der Waals surface area contributed by atoms with Crippen molar-refractivity contribution in [3.8, 4) is 11.1 Å². The molecule has 3 atom stereocenters. The standard InChI is InChI=1S/C25H25FN8O6/c26-19-7-15(34-13-17(39-25(34)38)12-33-6-5-30-32-33)2-3-18(19)14-1-4-21(28-10-14)22-8-16(40-31-22)11-29-24(37)20(27)9-23(35)36/h1-7,10,16-17,20H,8-9,11-13,27H2,(H,29,37)(H,35,36)/t16-,17?,20-/m0/s1. The van der Waals surface area contributed by atoms with E-state index in [-0.39, 0.29) is 13.1 Å². The predicted octanol–water partition coefficient (Wildman–Crippen LogP) is 0.916. The summed E-state index contributed by atoms with van der Waals surface area (Å²) in [6, 6.07) is 6.71. The Balaban J connectivity index is 1.17. The Hall–Kier alpha value is -4.92. The zero-order valence-corrected chi connectivity index (χ0v) is 21.0. The van der Waals surface area contributed by atoms with Crippen LogP contribution >= 0.6 is 0 Å². The molecule has 1 fully saturated rings. The molecule has 15 heteroatoms. The molecule has 0 radical (unpaired) electrons. The maximum atomic E-state index is 15.1. The molecule has 2 aromatic heterocycles. The lowest BCUT2D eigenvalue weighted by Crippen LogP contribution is -2.44. The number of anilines is 1. The van der Waals surface area contributed by atoms with Crippen molar-refractivity contribution >= 4 is 29.4 Å². The second-order valence-electron chi connectivity index (χ2n) is 9.26. The Morgan fingerprint density at radius 3 is 2.80 bits per heavy atom. The van der Waals surface area contributed by atoms with E-state index in [9.17, 15) is 14.4 Å². The van der Waals surface area contributed by atoms with Gasteiger partial charge in [0.25, 0.3) is 0 Å². The minimum atomic E-state index is -1.17. The van der Waals surface area contributed by atoms with Gasteiger partial charge in [-0.1, -0.05) is 16.4 Å². The molecule has 2 amide bonds. The highest BCUT2D eigenvalue weighted by Crippen LogP contribution is 2.29. The number of benzene rings is 1. The number of aliphatic carboxylic acids is 1. The van der Waals surface area contributed by atoms with Gasteiger partial charge in [-0.25, -0.2) is 13.9 Å². The number of halogens is 1. The van der Waals surface area contributed by atoms with Crippen LogP contribution in [0.15, 0.2) is 54.1 Å². The smallest absolute Gasteiger partial charge is 0.414 e. The van der Waals surface area contributed by atoms with Crippen LogP contribution in [0.3, 0.4) is 0 Å². The Labute approximate surface area is 226 Å². The van der Waals surface area contributed by atoms with E-state index in [0.717, 1.165) is 0 Å². The molecule has 0 spiro atoms. The first-order valence-electron chi connectivity index (χ1n) is 12.3. The van der Waals surface area contributed by atoms with Gasteiger partial charge in [-0.15, -0.1) is 5.10 Å². The van der Waals surface area contributed by atoms with E-state index in [0.29, 0.717) is 41.2 Å². The van der Waals surface area contributed by atoms with Crippen molar-refractivity contribution in [1.29, 1.82) is 0 Å². The Kier molecular flexibility index (Phi) is 7.63. The van der Waals surface area contributed by atoms with Gasteiger partial charge in [0.1, 0.15) is 17.6 Å². The molecule has 208 valence electrons. The van der Waals surface area contributed by atoms with Crippen molar-refractivity contribution < 1.29 is 33.5 Å². The number of oxime groups is 1. The Morgan fingerprint density at radius 1 is 1.25 bits per heavy atom. The minimum absolute atomic E-state index is 0.0978. The van der Waals surface area contributed by atoms with Crippen LogP contribution in [0.25, 0.3) is 11.1 Å². The fourth-order valence-corrected chi connectivity index (χ4v) is 4.31. The Morgan fingerprint density at radius 2 is 2.10 bits per heavy atom. The number of aromatic nitrogens is 4. The second kappa shape index (κ2) is 11.4.